The van der Waals surface area contributed by atoms with Gasteiger partial charge in [0.1, 0.15) is 34.5 Å². The molecule has 0 saturated carbocycles. The Hall–Kier alpha value is -10.2. The maximum atomic E-state index is 12.3. The van der Waals surface area contributed by atoms with Crippen LogP contribution in [0.25, 0.3) is 0 Å². The van der Waals surface area contributed by atoms with E-state index in [2.05, 4.69) is 59.1 Å². The molecule has 28 nitrogen and oxygen atoms in total. The molecule has 8 aliphatic rings. The summed E-state index contributed by atoms with van der Waals surface area (Å²) in [5.74, 6) is 7.22. The average molecular weight is 1570 g/mol. The van der Waals surface area contributed by atoms with Crippen molar-refractivity contribution >= 4 is 23.8 Å². The lowest BCUT2D eigenvalue weighted by Gasteiger charge is -2.33. The van der Waals surface area contributed by atoms with E-state index in [1.54, 1.807) is 77.0 Å². The van der Waals surface area contributed by atoms with Crippen LogP contribution >= 0.6 is 0 Å². The Labute approximate surface area is 667 Å². The number of rotatable bonds is 20. The van der Waals surface area contributed by atoms with Crippen molar-refractivity contribution in [2.75, 3.05) is 153 Å². The predicted octanol–water partition coefficient (Wildman–Crippen LogP) is 10.6. The summed E-state index contributed by atoms with van der Waals surface area (Å²) in [6.07, 6.45) is 20.0. The van der Waals surface area contributed by atoms with Crippen LogP contribution in [0.1, 0.15) is 184 Å². The second-order valence-corrected chi connectivity index (χ2v) is 31.7. The molecule has 8 aliphatic heterocycles. The molecule has 0 bridgehead atoms. The maximum Gasteiger partial charge on any atom is 0.252 e. The number of H-pyrrole nitrogens is 4. The van der Waals surface area contributed by atoms with Crippen LogP contribution in [0.15, 0.2) is 116 Å². The van der Waals surface area contributed by atoms with Gasteiger partial charge in [0.2, 0.25) is 23.8 Å². The zero-order chi connectivity index (χ0) is 79.5. The Morgan fingerprint density at radius 3 is 0.860 bits per heavy atom. The molecule has 8 fully saturated rings. The summed E-state index contributed by atoms with van der Waals surface area (Å²) in [5.41, 5.74) is 6.77. The Bertz CT molecular complexity index is 4560. The van der Waals surface area contributed by atoms with Gasteiger partial charge in [-0.15, -0.1) is 0 Å². The third-order valence-corrected chi connectivity index (χ3v) is 23.6. The Morgan fingerprint density at radius 1 is 0.325 bits per heavy atom. The molecule has 612 valence electrons. The molecule has 0 amide bonds. The average Bonchev–Trinajstić information content (AvgIpc) is 1.14. The fourth-order valence-electron chi connectivity index (χ4n) is 17.4. The van der Waals surface area contributed by atoms with Crippen molar-refractivity contribution in [2.45, 2.75) is 165 Å². The Morgan fingerprint density at radius 2 is 0.596 bits per heavy atom. The van der Waals surface area contributed by atoms with Gasteiger partial charge in [-0.05, 0) is 166 Å². The molecule has 8 N–H and O–H groups in total. The first-order chi connectivity index (χ1) is 55.5. The van der Waals surface area contributed by atoms with Gasteiger partial charge in [0.25, 0.3) is 22.2 Å². The number of hydrogen-bond acceptors (Lipinski definition) is 24. The highest BCUT2D eigenvalue weighted by atomic mass is 16.5. The molecule has 12 heterocycles. The normalized spacial score (nSPS) is 20.5. The second-order valence-electron chi connectivity index (χ2n) is 31.7. The quantitative estimate of drug-likeness (QED) is 0.0351. The number of anilines is 4. The number of likely N-dealkylation sites (tertiary alicyclic amines) is 4. The lowest BCUT2D eigenvalue weighted by molar-refractivity contribution is 0.196. The highest BCUT2D eigenvalue weighted by Crippen LogP contribution is 2.37. The fraction of sp³-hybridized carbons (Fsp3) is 0.535. The van der Waals surface area contributed by atoms with Crippen molar-refractivity contribution in [3.05, 3.63) is 184 Å². The maximum absolute atomic E-state index is 12.3. The highest BCUT2D eigenvalue weighted by Gasteiger charge is 2.31. The van der Waals surface area contributed by atoms with Gasteiger partial charge in [0.15, 0.2) is 11.5 Å². The zero-order valence-corrected chi connectivity index (χ0v) is 66.8. The van der Waals surface area contributed by atoms with Gasteiger partial charge in [-0.1, -0.05) is 30.3 Å². The van der Waals surface area contributed by atoms with Crippen molar-refractivity contribution < 1.29 is 39.4 Å². The molecule has 4 atom stereocenters. The number of hydrogen-bond donors (Lipinski definition) is 8. The number of benzene rings is 4. The summed E-state index contributed by atoms with van der Waals surface area (Å²) >= 11 is 0. The smallest absolute Gasteiger partial charge is 0.252 e. The molecule has 4 unspecified atom stereocenters. The number of piperidine rings is 6. The number of ether oxygens (including phenoxy) is 4. The largest absolute Gasteiger partial charge is 0.507 e. The molecule has 114 heavy (non-hydrogen) atoms. The highest BCUT2D eigenvalue weighted by molar-refractivity contribution is 5.46. The van der Waals surface area contributed by atoms with E-state index < -0.39 is 0 Å². The molecular weight excluding hydrogens is 1450 g/mol. The second kappa shape index (κ2) is 39.7. The monoisotopic (exact) mass is 1560 g/mol. The standard InChI is InChI=1S/2C22H30N4O3.2C21H28N4O3/c2*1-29-18-8-7-17(20(27)12-18)15-25-9-5-6-16(14-25)19-13-21(28)24-22(23-19)26-10-3-2-4-11-26;1-28-18-8-4-6-16(20(18)27)14-24-9-5-7-15(13-24)17-12-19(26)23-21(22-17)25-10-2-3-11-25;1-28-17-7-6-16(19(26)11-17)14-24-8-4-5-15(13-24)18-12-20(27)23-21(22-18)25-9-2-3-10-25/h2*7-8,12-13,16,27H,2-6,9-11,14-15H2,1H3,(H,23,24,28);4,6,8,12,15,27H,2-3,5,7,9-11,13-14H2,1H3,(H,22,23,26);6-7,11-12,15,26H,2-5,8-10,13-14H2,1H3,(H,22,23,27). The van der Waals surface area contributed by atoms with Gasteiger partial charge >= 0.3 is 0 Å². The van der Waals surface area contributed by atoms with Gasteiger partial charge in [-0.3, -0.25) is 58.7 Å². The summed E-state index contributed by atoms with van der Waals surface area (Å²) in [7, 11) is 6.34. The first-order valence-corrected chi connectivity index (χ1v) is 41.3. The summed E-state index contributed by atoms with van der Waals surface area (Å²) in [5, 5.41) is 41.2. The molecule has 4 aromatic heterocycles. The van der Waals surface area contributed by atoms with Crippen LogP contribution in [-0.2, 0) is 26.2 Å². The first-order valence-electron chi connectivity index (χ1n) is 41.3. The van der Waals surface area contributed by atoms with Crippen LogP contribution in [0, 0.1) is 0 Å². The van der Waals surface area contributed by atoms with E-state index in [0.29, 0.717) is 61.1 Å². The number of phenols is 4. The molecule has 8 aromatic rings. The number of phenolic OH excluding ortho intramolecular Hbond substituents is 4. The molecule has 8 saturated heterocycles. The topological polar surface area (TPSA) is 327 Å². The van der Waals surface area contributed by atoms with E-state index in [-0.39, 0.29) is 68.9 Å². The third kappa shape index (κ3) is 22.0. The van der Waals surface area contributed by atoms with Gasteiger partial charge < -0.3 is 59.0 Å². The molecule has 16 rings (SSSR count). The number of aromatic amines is 4. The van der Waals surface area contributed by atoms with Crippen LogP contribution in [-0.4, -0.2) is 213 Å². The van der Waals surface area contributed by atoms with E-state index in [9.17, 15) is 39.6 Å². The van der Waals surface area contributed by atoms with Crippen molar-refractivity contribution in [3.63, 3.8) is 0 Å². The van der Waals surface area contributed by atoms with E-state index in [1.165, 1.54) is 12.8 Å². The van der Waals surface area contributed by atoms with Crippen molar-refractivity contribution in [1.29, 1.82) is 0 Å². The van der Waals surface area contributed by atoms with Gasteiger partial charge in [0.05, 0.1) is 51.2 Å². The lowest BCUT2D eigenvalue weighted by Crippen LogP contribution is -2.36. The molecule has 28 heteroatoms. The summed E-state index contributed by atoms with van der Waals surface area (Å²) < 4.78 is 20.7. The van der Waals surface area contributed by atoms with Gasteiger partial charge in [0, 0.05) is 193 Å². The number of nitrogens with one attached hydrogen (secondary N) is 4. The van der Waals surface area contributed by atoms with Crippen LogP contribution < -0.4 is 60.8 Å². The van der Waals surface area contributed by atoms with Crippen molar-refractivity contribution in [1.82, 2.24) is 59.5 Å². The molecule has 0 spiro atoms. The van der Waals surface area contributed by atoms with Gasteiger partial charge in [-0.25, -0.2) is 19.9 Å². The minimum absolute atomic E-state index is 0.0690. The number of aromatic hydroxyl groups is 4. The Balaban J connectivity index is 0.000000133. The minimum atomic E-state index is -0.0746. The fourth-order valence-corrected chi connectivity index (χ4v) is 17.4. The number of aromatic nitrogens is 8. The molecule has 0 aliphatic carbocycles. The van der Waals surface area contributed by atoms with Gasteiger partial charge in [-0.2, -0.15) is 0 Å². The lowest BCUT2D eigenvalue weighted by atomic mass is 9.94. The number of methoxy groups -OCH3 is 4. The SMILES string of the molecule is COc1ccc(CN2CCCC(c3cc(=O)[nH]c(N4CCCC4)n3)C2)c(O)c1.COc1ccc(CN2CCCC(c3cc(=O)[nH]c(N4CCCCC4)n3)C2)c(O)c1.COc1ccc(CN2CCCC(c3cc(=O)[nH]c(N4CCCCC4)n3)C2)c(O)c1.COc1cccc(CN2CCCC(c3cc(=O)[nH]c(N4CCCC4)n3)C2)c1O. The number of nitrogens with zero attached hydrogens (tertiary/aromatic N) is 12. The zero-order valence-electron chi connectivity index (χ0n) is 66.8. The Kier molecular flexibility index (Phi) is 28.5. The predicted molar refractivity (Wildman–Crippen MR) is 442 cm³/mol. The van der Waals surface area contributed by atoms with Crippen LogP contribution in [0.4, 0.5) is 23.8 Å². The van der Waals surface area contributed by atoms with Crippen LogP contribution in [0.3, 0.4) is 0 Å². The first kappa shape index (κ1) is 81.8. The summed E-state index contributed by atoms with van der Waals surface area (Å²) in [6, 6.07) is 28.5. The summed E-state index contributed by atoms with van der Waals surface area (Å²) in [6.45, 7) is 17.6. The van der Waals surface area contributed by atoms with Crippen LogP contribution in [0.2, 0.25) is 0 Å². The van der Waals surface area contributed by atoms with E-state index in [0.717, 1.165) is 264 Å². The summed E-state index contributed by atoms with van der Waals surface area (Å²) in [4.78, 5) is 98.0. The van der Waals surface area contributed by atoms with E-state index in [4.69, 9.17) is 38.9 Å². The third-order valence-electron chi connectivity index (χ3n) is 23.6. The molecular formula is C86H116N16O12. The van der Waals surface area contributed by atoms with Crippen molar-refractivity contribution in [2.24, 2.45) is 0 Å². The number of para-hydroxylation sites is 1. The van der Waals surface area contributed by atoms with Crippen LogP contribution in [0.5, 0.6) is 46.0 Å². The van der Waals surface area contributed by atoms with Crippen molar-refractivity contribution in [3.8, 4) is 46.0 Å². The molecule has 0 radical (unpaired) electrons. The molecule has 4 aromatic carbocycles. The van der Waals surface area contributed by atoms with E-state index in [1.807, 2.05) is 48.5 Å². The van der Waals surface area contributed by atoms with E-state index >= 15 is 0 Å². The minimum Gasteiger partial charge on any atom is -0.507 e.